The fourth-order valence-corrected chi connectivity index (χ4v) is 6.72. The molecule has 4 aromatic rings. The lowest BCUT2D eigenvalue weighted by atomic mass is 9.86. The van der Waals surface area contributed by atoms with Gasteiger partial charge in [-0.2, -0.15) is 4.98 Å². The second kappa shape index (κ2) is 10.2. The van der Waals surface area contributed by atoms with Gasteiger partial charge in [-0.3, -0.25) is 19.4 Å². The summed E-state index contributed by atoms with van der Waals surface area (Å²) in [4.78, 5) is 43.8. The van der Waals surface area contributed by atoms with Crippen molar-refractivity contribution in [2.24, 2.45) is 0 Å². The Hall–Kier alpha value is -4.65. The Kier molecular flexibility index (Phi) is 6.26. The van der Waals surface area contributed by atoms with Crippen molar-refractivity contribution in [3.8, 4) is 11.6 Å². The first-order valence-corrected chi connectivity index (χ1v) is 14.9. The zero-order chi connectivity index (χ0) is 30.0. The highest BCUT2D eigenvalue weighted by molar-refractivity contribution is 5.96. The van der Waals surface area contributed by atoms with Crippen molar-refractivity contribution in [3.63, 3.8) is 0 Å². The van der Waals surface area contributed by atoms with Crippen molar-refractivity contribution >= 4 is 34.4 Å². The number of fused-ring (bicyclic) bond motifs is 7. The van der Waals surface area contributed by atoms with Crippen molar-refractivity contribution in [2.75, 3.05) is 36.5 Å². The van der Waals surface area contributed by atoms with E-state index in [1.54, 1.807) is 26.4 Å². The number of halogens is 2. The molecule has 11 nitrogen and oxygen atoms in total. The third-order valence-electron chi connectivity index (χ3n) is 8.93. The third-order valence-corrected chi connectivity index (χ3v) is 8.93. The van der Waals surface area contributed by atoms with Crippen LogP contribution in [0.2, 0.25) is 0 Å². The van der Waals surface area contributed by atoms with E-state index in [1.807, 2.05) is 29.2 Å². The van der Waals surface area contributed by atoms with E-state index in [4.69, 9.17) is 14.7 Å². The van der Waals surface area contributed by atoms with Crippen molar-refractivity contribution in [3.05, 3.63) is 70.2 Å². The number of benzene rings is 1. The number of hydrogen-bond acceptors (Lipinski definition) is 8. The molecule has 4 aliphatic rings. The molecule has 0 radical (unpaired) electrons. The van der Waals surface area contributed by atoms with E-state index in [-0.39, 0.29) is 36.0 Å². The number of nitrogens with zero attached hydrogens (tertiary/aromatic N) is 7. The smallest absolute Gasteiger partial charge is 0.278 e. The number of pyridine rings is 1. The highest BCUT2D eigenvalue weighted by Crippen LogP contribution is 2.52. The maximum atomic E-state index is 13.6. The van der Waals surface area contributed by atoms with Gasteiger partial charge >= 0.3 is 0 Å². The Morgan fingerprint density at radius 3 is 2.82 bits per heavy atom. The fourth-order valence-electron chi connectivity index (χ4n) is 6.72. The summed E-state index contributed by atoms with van der Waals surface area (Å²) in [6.45, 7) is 1.65. The van der Waals surface area contributed by atoms with E-state index < -0.39 is 6.43 Å². The van der Waals surface area contributed by atoms with Crippen LogP contribution in [0.25, 0.3) is 16.9 Å². The number of hydrogen-bond donors (Lipinski definition) is 1. The molecule has 0 atom stereocenters. The summed E-state index contributed by atoms with van der Waals surface area (Å²) in [5.74, 6) is 1.46. The molecular weight excluding hydrogens is 570 g/mol. The van der Waals surface area contributed by atoms with Gasteiger partial charge in [0, 0.05) is 36.9 Å². The lowest BCUT2D eigenvalue weighted by molar-refractivity contribution is -0.121. The van der Waals surface area contributed by atoms with Gasteiger partial charge in [0.2, 0.25) is 5.95 Å². The molecule has 1 saturated carbocycles. The van der Waals surface area contributed by atoms with Crippen LogP contribution in [0.3, 0.4) is 0 Å². The van der Waals surface area contributed by atoms with Gasteiger partial charge in [-0.05, 0) is 61.1 Å². The summed E-state index contributed by atoms with van der Waals surface area (Å²) in [6.07, 6.45) is 6.56. The van der Waals surface area contributed by atoms with Crippen molar-refractivity contribution in [1.82, 2.24) is 29.2 Å². The number of carbonyl (C=O) groups excluding carboxylic acids is 1. The van der Waals surface area contributed by atoms with Crippen LogP contribution in [0.15, 0.2) is 53.5 Å². The standard InChI is InChI=1S/C31H30F2N8O3/c32-24(33)16-38-15-19-13-20(5-6-22(19)31(18-38)9-10-31)35-30-34-14-21-27(37-30)41-25-8-7-23-28(36-25)39(26(42)17-44-23)11-3-1-2-4-12-40(41)29(21)43/h2,4-8,13-14,24H,1,3,9-12,15-18H2,(H,34,35,37)/b4-2-. The Balaban J connectivity index is 1.19. The number of allylic oxidation sites excluding steroid dienone is 2. The number of rotatable bonds is 4. The molecule has 6 heterocycles. The quantitative estimate of drug-likeness (QED) is 0.351. The lowest BCUT2D eigenvalue weighted by Gasteiger charge is -2.35. The van der Waals surface area contributed by atoms with Gasteiger partial charge in [0.15, 0.2) is 29.6 Å². The number of carbonyl (C=O) groups is 1. The Bertz CT molecular complexity index is 1900. The molecule has 1 amide bonds. The third kappa shape index (κ3) is 4.53. The van der Waals surface area contributed by atoms with Crippen LogP contribution in [0.1, 0.15) is 36.8 Å². The van der Waals surface area contributed by atoms with Crippen molar-refractivity contribution < 1.29 is 18.3 Å². The minimum Gasteiger partial charge on any atom is -0.480 e. The molecule has 13 heteroatoms. The van der Waals surface area contributed by atoms with Gasteiger partial charge in [0.05, 0.1) is 13.1 Å². The van der Waals surface area contributed by atoms with Crippen LogP contribution >= 0.6 is 0 Å². The first kappa shape index (κ1) is 26.9. The number of amides is 1. The highest BCUT2D eigenvalue weighted by atomic mass is 19.3. The Morgan fingerprint density at radius 1 is 1.09 bits per heavy atom. The monoisotopic (exact) mass is 600 g/mol. The molecule has 2 bridgehead atoms. The number of alkyl halides is 2. The molecule has 1 aliphatic carbocycles. The van der Waals surface area contributed by atoms with Gasteiger partial charge in [-0.15, -0.1) is 0 Å². The van der Waals surface area contributed by atoms with Crippen LogP contribution in [0.4, 0.5) is 26.2 Å². The summed E-state index contributed by atoms with van der Waals surface area (Å²) >= 11 is 0. The van der Waals surface area contributed by atoms with Crippen LogP contribution < -0.4 is 20.5 Å². The van der Waals surface area contributed by atoms with E-state index in [9.17, 15) is 18.4 Å². The SMILES string of the molecule is O=C1COc2ccc3nc2N1CCC/C=C\Cn1c(=O)c2cnc(Nc4ccc5c(c4)CN(CC(F)F)CC54CC4)nc2n1-3. The molecule has 1 fully saturated rings. The largest absolute Gasteiger partial charge is 0.480 e. The van der Waals surface area contributed by atoms with Gasteiger partial charge < -0.3 is 10.1 Å². The van der Waals surface area contributed by atoms with E-state index in [0.717, 1.165) is 36.9 Å². The molecule has 1 spiro atoms. The minimum absolute atomic E-state index is 0.0303. The average molecular weight is 601 g/mol. The van der Waals surface area contributed by atoms with Gasteiger partial charge in [0.1, 0.15) is 5.39 Å². The predicted octanol–water partition coefficient (Wildman–Crippen LogP) is 3.91. The van der Waals surface area contributed by atoms with E-state index >= 15 is 0 Å². The molecule has 0 saturated heterocycles. The molecular formula is C31H30F2N8O3. The molecule has 44 heavy (non-hydrogen) atoms. The Labute approximate surface area is 250 Å². The zero-order valence-electron chi connectivity index (χ0n) is 23.9. The molecule has 3 aliphatic heterocycles. The first-order chi connectivity index (χ1) is 21.4. The second-order valence-corrected chi connectivity index (χ2v) is 11.9. The summed E-state index contributed by atoms with van der Waals surface area (Å²) in [7, 11) is 0. The van der Waals surface area contributed by atoms with Crippen LogP contribution in [-0.4, -0.2) is 67.8 Å². The topological polar surface area (TPSA) is 110 Å². The minimum atomic E-state index is -2.38. The maximum Gasteiger partial charge on any atom is 0.278 e. The van der Waals surface area contributed by atoms with E-state index in [2.05, 4.69) is 16.4 Å². The number of aromatic nitrogens is 5. The van der Waals surface area contributed by atoms with Gasteiger partial charge in [-0.1, -0.05) is 18.2 Å². The lowest BCUT2D eigenvalue weighted by Crippen LogP contribution is -2.40. The molecule has 1 N–H and O–H groups in total. The van der Waals surface area contributed by atoms with Gasteiger partial charge in [-0.25, -0.2) is 28.1 Å². The average Bonchev–Trinajstić information content (AvgIpc) is 3.70. The zero-order valence-corrected chi connectivity index (χ0v) is 23.9. The number of ether oxygens (including phenoxy) is 1. The van der Waals surface area contributed by atoms with Gasteiger partial charge in [0.25, 0.3) is 17.9 Å². The second-order valence-electron chi connectivity index (χ2n) is 11.9. The summed E-state index contributed by atoms with van der Waals surface area (Å²) in [6, 6.07) is 9.54. The first-order valence-electron chi connectivity index (χ1n) is 14.9. The number of anilines is 3. The number of nitrogens with one attached hydrogen (secondary N) is 1. The summed E-state index contributed by atoms with van der Waals surface area (Å²) < 4.78 is 35.3. The predicted molar refractivity (Wildman–Crippen MR) is 159 cm³/mol. The van der Waals surface area contributed by atoms with Crippen molar-refractivity contribution in [1.29, 1.82) is 0 Å². The van der Waals surface area contributed by atoms with E-state index in [0.29, 0.717) is 54.6 Å². The Morgan fingerprint density at radius 2 is 1.98 bits per heavy atom. The summed E-state index contributed by atoms with van der Waals surface area (Å²) in [5, 5.41) is 3.59. The van der Waals surface area contributed by atoms with E-state index in [1.165, 1.54) is 11.8 Å². The summed E-state index contributed by atoms with van der Waals surface area (Å²) in [5.41, 5.74) is 3.05. The molecule has 1 aromatic carbocycles. The van der Waals surface area contributed by atoms with Crippen LogP contribution in [-0.2, 0) is 23.3 Å². The van der Waals surface area contributed by atoms with Crippen LogP contribution in [0.5, 0.6) is 5.75 Å². The molecule has 0 unspecified atom stereocenters. The maximum absolute atomic E-state index is 13.6. The molecule has 226 valence electrons. The normalized spacial score (nSPS) is 19.6. The fraction of sp³-hybridized carbons (Fsp3) is 0.387. The highest BCUT2D eigenvalue weighted by Gasteiger charge is 2.49. The molecule has 3 aromatic heterocycles. The van der Waals surface area contributed by atoms with Crippen molar-refractivity contribution in [2.45, 2.75) is 50.6 Å². The molecule has 8 rings (SSSR count). The van der Waals surface area contributed by atoms with Crippen LogP contribution in [0, 0.1) is 0 Å².